The Bertz CT molecular complexity index is 669. The highest BCUT2D eigenvalue weighted by molar-refractivity contribution is 6.37. The van der Waals surface area contributed by atoms with Crippen LogP contribution in [0.1, 0.15) is 15.9 Å². The molecule has 1 amide bonds. The van der Waals surface area contributed by atoms with Crippen molar-refractivity contribution < 1.29 is 13.9 Å². The van der Waals surface area contributed by atoms with Crippen LogP contribution in [-0.2, 0) is 6.42 Å². The molecule has 116 valence electrons. The van der Waals surface area contributed by atoms with Gasteiger partial charge in [-0.3, -0.25) is 4.79 Å². The average Bonchev–Trinajstić information content (AvgIpc) is 2.47. The Morgan fingerprint density at radius 3 is 2.50 bits per heavy atom. The van der Waals surface area contributed by atoms with E-state index in [1.54, 1.807) is 12.1 Å². The molecule has 2 aromatic carbocycles. The molecule has 0 heterocycles. The van der Waals surface area contributed by atoms with Gasteiger partial charge < -0.3 is 10.1 Å². The molecular formula is C16H14Cl2FNO2. The summed E-state index contributed by atoms with van der Waals surface area (Å²) in [5, 5.41) is 3.28. The van der Waals surface area contributed by atoms with Gasteiger partial charge in [0.25, 0.3) is 5.91 Å². The fourth-order valence-corrected chi connectivity index (χ4v) is 2.64. The van der Waals surface area contributed by atoms with Gasteiger partial charge in [-0.2, -0.15) is 0 Å². The summed E-state index contributed by atoms with van der Waals surface area (Å²) in [7, 11) is 1.45. The van der Waals surface area contributed by atoms with E-state index in [0.717, 1.165) is 5.56 Å². The lowest BCUT2D eigenvalue weighted by molar-refractivity contribution is 0.0954. The molecule has 2 aromatic rings. The fraction of sp³-hybridized carbons (Fsp3) is 0.188. The molecule has 0 unspecified atom stereocenters. The van der Waals surface area contributed by atoms with E-state index in [-0.39, 0.29) is 21.8 Å². The molecule has 0 aliphatic rings. The number of methoxy groups -OCH3 is 1. The largest absolute Gasteiger partial charge is 0.494 e. The smallest absolute Gasteiger partial charge is 0.251 e. The number of hydrogen-bond donors (Lipinski definition) is 1. The van der Waals surface area contributed by atoms with Crippen LogP contribution >= 0.6 is 23.2 Å². The minimum absolute atomic E-state index is 0.269. The van der Waals surface area contributed by atoms with Crippen molar-refractivity contribution in [3.8, 4) is 5.75 Å². The highest BCUT2D eigenvalue weighted by Gasteiger charge is 2.13. The van der Waals surface area contributed by atoms with Crippen molar-refractivity contribution in [3.63, 3.8) is 0 Å². The molecule has 2 rings (SSSR count). The zero-order valence-electron chi connectivity index (χ0n) is 11.8. The van der Waals surface area contributed by atoms with Gasteiger partial charge in [0, 0.05) is 12.1 Å². The number of amides is 1. The molecule has 0 fully saturated rings. The van der Waals surface area contributed by atoms with Gasteiger partial charge in [0.05, 0.1) is 17.2 Å². The highest BCUT2D eigenvalue weighted by Crippen LogP contribution is 2.33. The number of benzene rings is 2. The summed E-state index contributed by atoms with van der Waals surface area (Å²) in [6, 6.07) is 9.23. The standard InChI is InChI=1S/C16H14Cl2FNO2/c1-22-15-13(17)8-11(9-14(15)18)16(21)20-6-5-10-3-2-4-12(19)7-10/h2-4,7-9H,5-6H2,1H3,(H,20,21). The summed E-state index contributed by atoms with van der Waals surface area (Å²) >= 11 is 12.0. The second-order valence-corrected chi connectivity index (χ2v) is 5.42. The van der Waals surface area contributed by atoms with Crippen molar-refractivity contribution in [2.75, 3.05) is 13.7 Å². The molecule has 0 atom stereocenters. The van der Waals surface area contributed by atoms with Crippen LogP contribution in [0.3, 0.4) is 0 Å². The molecule has 6 heteroatoms. The first-order valence-corrected chi connectivity index (χ1v) is 7.32. The van der Waals surface area contributed by atoms with Gasteiger partial charge in [-0.05, 0) is 36.2 Å². The van der Waals surface area contributed by atoms with Crippen LogP contribution in [-0.4, -0.2) is 19.6 Å². The summed E-state index contributed by atoms with van der Waals surface area (Å²) in [5.74, 6) is -0.264. The third-order valence-electron chi connectivity index (χ3n) is 3.05. The molecule has 3 nitrogen and oxygen atoms in total. The third kappa shape index (κ3) is 4.12. The van der Waals surface area contributed by atoms with E-state index >= 15 is 0 Å². The van der Waals surface area contributed by atoms with Crippen molar-refractivity contribution in [1.29, 1.82) is 0 Å². The van der Waals surface area contributed by atoms with E-state index in [1.165, 1.54) is 31.4 Å². The lowest BCUT2D eigenvalue weighted by atomic mass is 10.1. The molecule has 0 aliphatic carbocycles. The molecule has 1 N–H and O–H groups in total. The molecular weight excluding hydrogens is 328 g/mol. The van der Waals surface area contributed by atoms with Crippen molar-refractivity contribution in [2.24, 2.45) is 0 Å². The molecule has 0 radical (unpaired) electrons. The van der Waals surface area contributed by atoms with E-state index < -0.39 is 0 Å². The Kier molecular flexibility index (Phi) is 5.63. The van der Waals surface area contributed by atoms with Crippen molar-refractivity contribution in [3.05, 3.63) is 63.4 Å². The van der Waals surface area contributed by atoms with Crippen LogP contribution in [0.25, 0.3) is 0 Å². The molecule has 0 saturated carbocycles. The minimum Gasteiger partial charge on any atom is -0.494 e. The first-order chi connectivity index (χ1) is 10.5. The van der Waals surface area contributed by atoms with Crippen LogP contribution in [0.2, 0.25) is 10.0 Å². The summed E-state index contributed by atoms with van der Waals surface area (Å²) in [6.07, 6.45) is 0.529. The Hall–Kier alpha value is -1.78. The summed E-state index contributed by atoms with van der Waals surface area (Å²) in [5.41, 5.74) is 1.15. The summed E-state index contributed by atoms with van der Waals surface area (Å²) < 4.78 is 18.1. The number of carbonyl (C=O) groups excluding carboxylic acids is 1. The quantitative estimate of drug-likeness (QED) is 0.888. The average molecular weight is 342 g/mol. The number of nitrogens with one attached hydrogen (secondary N) is 1. The van der Waals surface area contributed by atoms with Crippen LogP contribution in [0.5, 0.6) is 5.75 Å². The zero-order valence-corrected chi connectivity index (χ0v) is 13.3. The fourth-order valence-electron chi connectivity index (χ4n) is 2.00. The van der Waals surface area contributed by atoms with Gasteiger partial charge in [-0.25, -0.2) is 4.39 Å². The number of carbonyl (C=O) groups is 1. The van der Waals surface area contributed by atoms with Crippen LogP contribution in [0.15, 0.2) is 36.4 Å². The van der Waals surface area contributed by atoms with Crippen LogP contribution < -0.4 is 10.1 Å². The van der Waals surface area contributed by atoms with Gasteiger partial charge in [-0.1, -0.05) is 35.3 Å². The van der Waals surface area contributed by atoms with E-state index in [4.69, 9.17) is 27.9 Å². The van der Waals surface area contributed by atoms with E-state index in [1.807, 2.05) is 0 Å². The Morgan fingerprint density at radius 1 is 1.23 bits per heavy atom. The van der Waals surface area contributed by atoms with Crippen molar-refractivity contribution in [1.82, 2.24) is 5.32 Å². The predicted molar refractivity (Wildman–Crippen MR) is 85.5 cm³/mol. The SMILES string of the molecule is COc1c(Cl)cc(C(=O)NCCc2cccc(F)c2)cc1Cl. The Morgan fingerprint density at radius 2 is 1.91 bits per heavy atom. The Balaban J connectivity index is 1.98. The maximum Gasteiger partial charge on any atom is 0.251 e. The lowest BCUT2D eigenvalue weighted by Crippen LogP contribution is -2.25. The number of halogens is 3. The topological polar surface area (TPSA) is 38.3 Å². The van der Waals surface area contributed by atoms with E-state index in [2.05, 4.69) is 5.32 Å². The molecule has 0 aliphatic heterocycles. The normalized spacial score (nSPS) is 10.4. The second-order valence-electron chi connectivity index (χ2n) is 4.61. The van der Waals surface area contributed by atoms with Crippen molar-refractivity contribution >= 4 is 29.1 Å². The maximum atomic E-state index is 13.0. The predicted octanol–water partition coefficient (Wildman–Crippen LogP) is 4.11. The Labute approximate surface area is 138 Å². The highest BCUT2D eigenvalue weighted by atomic mass is 35.5. The van der Waals surface area contributed by atoms with Crippen molar-refractivity contribution in [2.45, 2.75) is 6.42 Å². The van der Waals surface area contributed by atoms with Gasteiger partial charge >= 0.3 is 0 Å². The molecule has 0 aromatic heterocycles. The summed E-state index contributed by atoms with van der Waals surface area (Å²) in [4.78, 5) is 12.1. The van der Waals surface area contributed by atoms with Gasteiger partial charge in [0.1, 0.15) is 5.82 Å². The molecule has 0 saturated heterocycles. The minimum atomic E-state index is -0.303. The number of hydrogen-bond acceptors (Lipinski definition) is 2. The zero-order chi connectivity index (χ0) is 16.1. The monoisotopic (exact) mass is 341 g/mol. The first-order valence-electron chi connectivity index (χ1n) is 6.57. The van der Waals surface area contributed by atoms with E-state index in [0.29, 0.717) is 24.3 Å². The van der Waals surface area contributed by atoms with Crippen LogP contribution in [0, 0.1) is 5.82 Å². The molecule has 0 spiro atoms. The molecule has 22 heavy (non-hydrogen) atoms. The molecule has 0 bridgehead atoms. The van der Waals surface area contributed by atoms with Gasteiger partial charge in [0.15, 0.2) is 5.75 Å². The lowest BCUT2D eigenvalue weighted by Gasteiger charge is -2.09. The third-order valence-corrected chi connectivity index (χ3v) is 3.61. The van der Waals surface area contributed by atoms with E-state index in [9.17, 15) is 9.18 Å². The first kappa shape index (κ1) is 16.6. The number of ether oxygens (including phenoxy) is 1. The van der Waals surface area contributed by atoms with Crippen LogP contribution in [0.4, 0.5) is 4.39 Å². The second kappa shape index (κ2) is 7.47. The van der Waals surface area contributed by atoms with Gasteiger partial charge in [-0.15, -0.1) is 0 Å². The maximum absolute atomic E-state index is 13.0. The number of rotatable bonds is 5. The summed E-state index contributed by atoms with van der Waals surface area (Å²) in [6.45, 7) is 0.379. The van der Waals surface area contributed by atoms with Gasteiger partial charge in [0.2, 0.25) is 0 Å².